The molecule has 2 heterocycles. The van der Waals surface area contributed by atoms with Crippen molar-refractivity contribution in [2.24, 2.45) is 0 Å². The predicted molar refractivity (Wildman–Crippen MR) is 86.8 cm³/mol. The van der Waals surface area contributed by atoms with Crippen LogP contribution in [0.25, 0.3) is 0 Å². The van der Waals surface area contributed by atoms with Crippen molar-refractivity contribution in [1.29, 1.82) is 0 Å². The minimum atomic E-state index is 0. The topological polar surface area (TPSA) is 35.6 Å². The number of carbonyl (C=O) groups is 1. The second kappa shape index (κ2) is 7.78. The number of rotatable bonds is 3. The largest absolute Gasteiger partial charge is 0.340 e. The van der Waals surface area contributed by atoms with Crippen molar-refractivity contribution in [2.45, 2.75) is 18.9 Å². The van der Waals surface area contributed by atoms with Gasteiger partial charge in [-0.15, -0.1) is 12.4 Å². The molecule has 1 N–H and O–H groups in total. The molecule has 4 nitrogen and oxygen atoms in total. The summed E-state index contributed by atoms with van der Waals surface area (Å²) < 4.78 is 0. The highest BCUT2D eigenvalue weighted by molar-refractivity contribution is 5.85. The molecule has 116 valence electrons. The number of benzene rings is 1. The van der Waals surface area contributed by atoms with Crippen LogP contribution < -0.4 is 5.32 Å². The molecule has 1 aromatic carbocycles. The first kappa shape index (κ1) is 16.3. The molecule has 1 atom stereocenters. The van der Waals surface area contributed by atoms with E-state index in [1.165, 1.54) is 6.42 Å². The molecule has 0 aromatic heterocycles. The zero-order valence-corrected chi connectivity index (χ0v) is 13.1. The molecule has 2 fully saturated rings. The van der Waals surface area contributed by atoms with Crippen LogP contribution in [0.3, 0.4) is 0 Å². The predicted octanol–water partition coefficient (Wildman–Crippen LogP) is 1.16. The first-order valence-electron chi connectivity index (χ1n) is 7.59. The van der Waals surface area contributed by atoms with E-state index in [0.717, 1.165) is 44.8 Å². The molecule has 0 saturated carbocycles. The highest BCUT2D eigenvalue weighted by Gasteiger charge is 2.27. The lowest BCUT2D eigenvalue weighted by Crippen LogP contribution is -2.52. The maximum Gasteiger partial charge on any atom is 0.227 e. The normalized spacial score (nSPS) is 22.9. The highest BCUT2D eigenvalue weighted by atomic mass is 35.5. The molecule has 0 radical (unpaired) electrons. The van der Waals surface area contributed by atoms with Crippen LogP contribution in [0, 0.1) is 0 Å². The summed E-state index contributed by atoms with van der Waals surface area (Å²) in [7, 11) is 0. The van der Waals surface area contributed by atoms with Crippen molar-refractivity contribution < 1.29 is 4.79 Å². The van der Waals surface area contributed by atoms with Crippen LogP contribution in [0.4, 0.5) is 0 Å². The van der Waals surface area contributed by atoms with E-state index >= 15 is 0 Å². The molecule has 1 amide bonds. The summed E-state index contributed by atoms with van der Waals surface area (Å²) in [6, 6.07) is 10.7. The fourth-order valence-corrected chi connectivity index (χ4v) is 3.17. The summed E-state index contributed by atoms with van der Waals surface area (Å²) in [5.74, 6) is 0.264. The summed E-state index contributed by atoms with van der Waals surface area (Å²) in [4.78, 5) is 16.8. The number of hydrogen-bond acceptors (Lipinski definition) is 3. The molecule has 5 heteroatoms. The van der Waals surface area contributed by atoms with Gasteiger partial charge in [-0.3, -0.25) is 9.69 Å². The van der Waals surface area contributed by atoms with Gasteiger partial charge in [-0.25, -0.2) is 0 Å². The Kier molecular flexibility index (Phi) is 6.03. The van der Waals surface area contributed by atoms with Gasteiger partial charge < -0.3 is 10.2 Å². The maximum atomic E-state index is 12.3. The Morgan fingerprint density at radius 2 is 1.86 bits per heavy atom. The van der Waals surface area contributed by atoms with Gasteiger partial charge in [0.1, 0.15) is 0 Å². The molecule has 0 bridgehead atoms. The number of halogens is 1. The zero-order chi connectivity index (χ0) is 13.8. The van der Waals surface area contributed by atoms with E-state index in [0.29, 0.717) is 12.5 Å². The second-order valence-corrected chi connectivity index (χ2v) is 5.73. The lowest BCUT2D eigenvalue weighted by atomic mass is 10.1. The van der Waals surface area contributed by atoms with Crippen molar-refractivity contribution in [3.63, 3.8) is 0 Å². The molecule has 1 aromatic rings. The second-order valence-electron chi connectivity index (χ2n) is 5.73. The number of nitrogens with one attached hydrogen (secondary N) is 1. The summed E-state index contributed by atoms with van der Waals surface area (Å²) in [6.45, 7) is 6.04. The van der Waals surface area contributed by atoms with Gasteiger partial charge in [0.25, 0.3) is 0 Å². The van der Waals surface area contributed by atoms with Crippen LogP contribution in [0.1, 0.15) is 12.0 Å². The Hall–Kier alpha value is -1.10. The van der Waals surface area contributed by atoms with Crippen LogP contribution in [0.2, 0.25) is 0 Å². The summed E-state index contributed by atoms with van der Waals surface area (Å²) in [5, 5.41) is 3.41. The molecule has 21 heavy (non-hydrogen) atoms. The number of hydrogen-bond donors (Lipinski definition) is 1. The molecule has 1 unspecified atom stereocenters. The van der Waals surface area contributed by atoms with Gasteiger partial charge >= 0.3 is 0 Å². The molecule has 0 aliphatic carbocycles. The van der Waals surface area contributed by atoms with Crippen molar-refractivity contribution in [3.05, 3.63) is 35.9 Å². The highest BCUT2D eigenvalue weighted by Crippen LogP contribution is 2.13. The molecule has 2 aliphatic heterocycles. The summed E-state index contributed by atoms with van der Waals surface area (Å²) in [6.07, 6.45) is 1.78. The molecule has 2 saturated heterocycles. The number of nitrogens with zero attached hydrogens (tertiary/aromatic N) is 2. The lowest BCUT2D eigenvalue weighted by molar-refractivity contribution is -0.132. The van der Waals surface area contributed by atoms with Gasteiger partial charge in [-0.1, -0.05) is 30.3 Å². The van der Waals surface area contributed by atoms with Crippen LogP contribution in [0.5, 0.6) is 0 Å². The molecule has 3 rings (SSSR count). The van der Waals surface area contributed by atoms with Crippen LogP contribution in [-0.4, -0.2) is 61.0 Å². The SMILES string of the molecule is Cl.O=C(Cc1ccccc1)N1CCN(C2CCNC2)CC1. The van der Waals surface area contributed by atoms with Crippen molar-refractivity contribution >= 4 is 18.3 Å². The smallest absolute Gasteiger partial charge is 0.227 e. The fraction of sp³-hybridized carbons (Fsp3) is 0.562. The minimum Gasteiger partial charge on any atom is -0.340 e. The Balaban J connectivity index is 0.00000161. The van der Waals surface area contributed by atoms with E-state index in [2.05, 4.69) is 10.2 Å². The van der Waals surface area contributed by atoms with Gasteiger partial charge in [0.2, 0.25) is 5.91 Å². The van der Waals surface area contributed by atoms with Crippen LogP contribution >= 0.6 is 12.4 Å². The zero-order valence-electron chi connectivity index (χ0n) is 12.3. The van der Waals surface area contributed by atoms with Crippen LogP contribution in [-0.2, 0) is 11.2 Å². The van der Waals surface area contributed by atoms with Gasteiger partial charge in [0.05, 0.1) is 6.42 Å². The third-order valence-electron chi connectivity index (χ3n) is 4.42. The van der Waals surface area contributed by atoms with Gasteiger partial charge in [0.15, 0.2) is 0 Å². The summed E-state index contributed by atoms with van der Waals surface area (Å²) in [5.41, 5.74) is 1.11. The van der Waals surface area contributed by atoms with Gasteiger partial charge in [-0.2, -0.15) is 0 Å². The van der Waals surface area contributed by atoms with E-state index in [-0.39, 0.29) is 18.3 Å². The van der Waals surface area contributed by atoms with Crippen molar-refractivity contribution in [1.82, 2.24) is 15.1 Å². The third kappa shape index (κ3) is 4.19. The minimum absolute atomic E-state index is 0. The Bertz CT molecular complexity index is 440. The van der Waals surface area contributed by atoms with E-state index < -0.39 is 0 Å². The van der Waals surface area contributed by atoms with Crippen LogP contribution in [0.15, 0.2) is 30.3 Å². The summed E-state index contributed by atoms with van der Waals surface area (Å²) >= 11 is 0. The van der Waals surface area contributed by atoms with Crippen molar-refractivity contribution in [2.75, 3.05) is 39.3 Å². The molecular formula is C16H24ClN3O. The number of carbonyl (C=O) groups excluding carboxylic acids is 1. The molecule has 0 spiro atoms. The quantitative estimate of drug-likeness (QED) is 0.910. The average molecular weight is 310 g/mol. The molecule has 2 aliphatic rings. The average Bonchev–Trinajstić information content (AvgIpc) is 3.03. The lowest BCUT2D eigenvalue weighted by Gasteiger charge is -2.37. The number of piperazine rings is 1. The first-order chi connectivity index (χ1) is 9.83. The monoisotopic (exact) mass is 309 g/mol. The number of amides is 1. The van der Waals surface area contributed by atoms with E-state index in [1.54, 1.807) is 0 Å². The Morgan fingerprint density at radius 3 is 2.48 bits per heavy atom. The Labute approximate surface area is 132 Å². The van der Waals surface area contributed by atoms with E-state index in [1.807, 2.05) is 35.2 Å². The Morgan fingerprint density at radius 1 is 1.14 bits per heavy atom. The van der Waals surface area contributed by atoms with Crippen molar-refractivity contribution in [3.8, 4) is 0 Å². The first-order valence-corrected chi connectivity index (χ1v) is 7.59. The maximum absolute atomic E-state index is 12.3. The van der Waals surface area contributed by atoms with Gasteiger partial charge in [-0.05, 0) is 18.5 Å². The van der Waals surface area contributed by atoms with E-state index in [4.69, 9.17) is 0 Å². The standard InChI is InChI=1S/C16H23N3O.ClH/c20-16(12-14-4-2-1-3-5-14)19-10-8-18(9-11-19)15-6-7-17-13-15;/h1-5,15,17H,6-13H2;1H. The van der Waals surface area contributed by atoms with E-state index in [9.17, 15) is 4.79 Å². The van der Waals surface area contributed by atoms with Gasteiger partial charge in [0, 0.05) is 38.8 Å². The molecular weight excluding hydrogens is 286 g/mol. The fourth-order valence-electron chi connectivity index (χ4n) is 3.17. The third-order valence-corrected chi connectivity index (χ3v) is 4.42.